The molecule has 6 aliphatic rings. The Morgan fingerprint density at radius 1 is 1.00 bits per heavy atom. The highest BCUT2D eigenvalue weighted by molar-refractivity contribution is 5.95. The SMILES string of the molecule is COc1ccc([C@@]23C=C[C@@]4(CCCC[C@@]42C)[C@H]2[C@@H]4C(=O)[C@@H]5[C@@H](CC=C[C@@H]5OC(C)=O)[C@@H]4CC(=O)[C@H]23)cc1. The van der Waals surface area contributed by atoms with E-state index in [4.69, 9.17) is 9.47 Å². The summed E-state index contributed by atoms with van der Waals surface area (Å²) in [6.45, 7) is 3.82. The van der Waals surface area contributed by atoms with E-state index >= 15 is 0 Å². The minimum Gasteiger partial charge on any atom is -0.497 e. The number of ether oxygens (including phenoxy) is 2. The van der Waals surface area contributed by atoms with Crippen LogP contribution in [0, 0.1) is 46.3 Å². The summed E-state index contributed by atoms with van der Waals surface area (Å²) in [6.07, 6.45) is 13.9. The van der Waals surface area contributed by atoms with Crippen molar-refractivity contribution in [2.45, 2.75) is 63.9 Å². The first-order valence-corrected chi connectivity index (χ1v) is 14.0. The van der Waals surface area contributed by atoms with Gasteiger partial charge in [0.2, 0.25) is 0 Å². The van der Waals surface area contributed by atoms with E-state index in [9.17, 15) is 14.4 Å². The van der Waals surface area contributed by atoms with Gasteiger partial charge in [0.1, 0.15) is 23.4 Å². The topological polar surface area (TPSA) is 69.7 Å². The number of allylic oxidation sites excluding steroid dienone is 3. The van der Waals surface area contributed by atoms with Gasteiger partial charge in [-0.25, -0.2) is 0 Å². The molecule has 0 aliphatic heterocycles. The molecule has 5 heteroatoms. The van der Waals surface area contributed by atoms with Crippen molar-refractivity contribution in [2.24, 2.45) is 46.3 Å². The van der Waals surface area contributed by atoms with Crippen molar-refractivity contribution in [3.05, 3.63) is 54.1 Å². The van der Waals surface area contributed by atoms with Crippen LogP contribution in [0.5, 0.6) is 5.75 Å². The molecule has 0 spiro atoms. The van der Waals surface area contributed by atoms with Crippen molar-refractivity contribution in [3.8, 4) is 5.75 Å². The minimum atomic E-state index is -0.511. The number of ketones is 2. The predicted octanol–water partition coefficient (Wildman–Crippen LogP) is 5.23. The molecule has 0 unspecified atom stereocenters. The number of Topliss-reactive ketones (excluding diaryl/α,β-unsaturated/α-hetero) is 2. The van der Waals surface area contributed by atoms with E-state index in [0.29, 0.717) is 12.2 Å². The van der Waals surface area contributed by atoms with Crippen molar-refractivity contribution in [1.82, 2.24) is 0 Å². The molecule has 6 aliphatic carbocycles. The van der Waals surface area contributed by atoms with Crippen molar-refractivity contribution < 1.29 is 23.9 Å². The number of carbonyl (C=O) groups excluding carboxylic acids is 3. The highest BCUT2D eigenvalue weighted by Gasteiger charge is 2.80. The largest absolute Gasteiger partial charge is 0.497 e. The number of methoxy groups -OCH3 is 1. The second kappa shape index (κ2) is 7.68. The van der Waals surface area contributed by atoms with Gasteiger partial charge in [-0.15, -0.1) is 0 Å². The summed E-state index contributed by atoms with van der Waals surface area (Å²) >= 11 is 0. The van der Waals surface area contributed by atoms with E-state index in [1.807, 2.05) is 18.2 Å². The summed E-state index contributed by atoms with van der Waals surface area (Å²) in [5, 5.41) is 0. The molecule has 4 fully saturated rings. The highest BCUT2D eigenvalue weighted by atomic mass is 16.5. The standard InChI is InChI=1S/C32H36O5/c1-18(33)37-24-8-6-7-21-22-17-23(34)27-28(26(22)29(35)25(21)24)31-14-5-4-13-30(31,2)32(27,16-15-31)19-9-11-20(36-3)12-10-19/h6,8-12,15-16,21-22,24-28H,4-5,7,13-14,17H2,1-3H3/t21-,22-,24-,25+,26+,27+,28-,30-,31-,32+/m0/s1. The molecular weight excluding hydrogens is 464 g/mol. The van der Waals surface area contributed by atoms with Crippen LogP contribution in [0.3, 0.4) is 0 Å². The molecule has 4 saturated carbocycles. The maximum absolute atomic E-state index is 14.4. The number of hydrogen-bond acceptors (Lipinski definition) is 5. The number of fused-ring (bicyclic) bond motifs is 6. The van der Waals surface area contributed by atoms with Crippen LogP contribution < -0.4 is 4.74 Å². The van der Waals surface area contributed by atoms with Gasteiger partial charge in [0, 0.05) is 30.6 Å². The molecule has 37 heavy (non-hydrogen) atoms. The Kier molecular flexibility index (Phi) is 4.86. The quantitative estimate of drug-likeness (QED) is 0.420. The third-order valence-corrected chi connectivity index (χ3v) is 11.8. The Labute approximate surface area is 218 Å². The number of hydrogen-bond donors (Lipinski definition) is 0. The number of rotatable bonds is 3. The lowest BCUT2D eigenvalue weighted by Gasteiger charge is -2.51. The molecule has 7 rings (SSSR count). The van der Waals surface area contributed by atoms with E-state index in [0.717, 1.165) is 37.9 Å². The monoisotopic (exact) mass is 500 g/mol. The van der Waals surface area contributed by atoms with Gasteiger partial charge in [-0.2, -0.15) is 0 Å². The zero-order valence-corrected chi connectivity index (χ0v) is 21.9. The van der Waals surface area contributed by atoms with Crippen LogP contribution in [-0.4, -0.2) is 30.7 Å². The lowest BCUT2D eigenvalue weighted by atomic mass is 9.52. The van der Waals surface area contributed by atoms with Crippen LogP contribution in [0.1, 0.15) is 57.9 Å². The molecule has 5 nitrogen and oxygen atoms in total. The summed E-state index contributed by atoms with van der Waals surface area (Å²) in [5.74, 6) is 0.456. The first-order valence-electron chi connectivity index (χ1n) is 14.0. The average molecular weight is 501 g/mol. The Hall–Kier alpha value is -2.69. The highest BCUT2D eigenvalue weighted by Crippen LogP contribution is 2.81. The number of esters is 1. The van der Waals surface area contributed by atoms with Crippen molar-refractivity contribution >= 4 is 17.5 Å². The van der Waals surface area contributed by atoms with E-state index < -0.39 is 11.5 Å². The lowest BCUT2D eigenvalue weighted by molar-refractivity contribution is -0.149. The predicted molar refractivity (Wildman–Crippen MR) is 138 cm³/mol. The van der Waals surface area contributed by atoms with Crippen LogP contribution in [0.15, 0.2) is 48.6 Å². The van der Waals surface area contributed by atoms with Crippen molar-refractivity contribution in [3.63, 3.8) is 0 Å². The molecule has 0 aromatic heterocycles. The maximum atomic E-state index is 14.4. The summed E-state index contributed by atoms with van der Waals surface area (Å²) in [5.41, 5.74) is 0.488. The summed E-state index contributed by atoms with van der Waals surface area (Å²) < 4.78 is 11.1. The fraction of sp³-hybridized carbons (Fsp3) is 0.594. The normalized spacial score (nSPS) is 46.7. The van der Waals surface area contributed by atoms with Gasteiger partial charge in [-0.1, -0.05) is 50.1 Å². The average Bonchev–Trinajstić information content (AvgIpc) is 3.41. The third kappa shape index (κ3) is 2.64. The van der Waals surface area contributed by atoms with Gasteiger partial charge in [-0.3, -0.25) is 14.4 Å². The molecule has 0 heterocycles. The van der Waals surface area contributed by atoms with Gasteiger partial charge in [0.15, 0.2) is 0 Å². The van der Waals surface area contributed by atoms with Crippen LogP contribution >= 0.6 is 0 Å². The summed E-state index contributed by atoms with van der Waals surface area (Å²) in [7, 11) is 1.68. The molecule has 0 amide bonds. The first-order chi connectivity index (χ1) is 17.8. The lowest BCUT2D eigenvalue weighted by Crippen LogP contribution is -2.50. The number of carbonyl (C=O) groups is 3. The van der Waals surface area contributed by atoms with Gasteiger partial charge < -0.3 is 9.47 Å². The van der Waals surface area contributed by atoms with E-state index in [-0.39, 0.29) is 58.1 Å². The molecule has 0 saturated heterocycles. The molecule has 1 aromatic rings. The third-order valence-electron chi connectivity index (χ3n) is 11.8. The van der Waals surface area contributed by atoms with Crippen LogP contribution in [0.2, 0.25) is 0 Å². The zero-order valence-electron chi connectivity index (χ0n) is 21.9. The Balaban J connectivity index is 1.39. The maximum Gasteiger partial charge on any atom is 0.303 e. The molecule has 2 bridgehead atoms. The molecule has 194 valence electrons. The molecular formula is C32H36O5. The Morgan fingerprint density at radius 2 is 1.76 bits per heavy atom. The van der Waals surface area contributed by atoms with E-state index in [1.165, 1.54) is 12.5 Å². The fourth-order valence-corrected chi connectivity index (χ4v) is 10.6. The van der Waals surface area contributed by atoms with Crippen LogP contribution in [-0.2, 0) is 24.5 Å². The Morgan fingerprint density at radius 3 is 2.49 bits per heavy atom. The molecule has 10 atom stereocenters. The van der Waals surface area contributed by atoms with Gasteiger partial charge in [0.05, 0.1) is 13.0 Å². The first kappa shape index (κ1) is 23.4. The van der Waals surface area contributed by atoms with Gasteiger partial charge in [-0.05, 0) is 71.6 Å². The number of benzene rings is 1. The molecule has 1 aromatic carbocycles. The van der Waals surface area contributed by atoms with E-state index in [2.05, 4.69) is 37.3 Å². The molecule has 0 N–H and O–H groups in total. The summed E-state index contributed by atoms with van der Waals surface area (Å²) in [4.78, 5) is 40.7. The second-order valence-electron chi connectivity index (χ2n) is 12.7. The van der Waals surface area contributed by atoms with Crippen LogP contribution in [0.4, 0.5) is 0 Å². The Bertz CT molecular complexity index is 1240. The van der Waals surface area contributed by atoms with Crippen molar-refractivity contribution in [1.29, 1.82) is 0 Å². The van der Waals surface area contributed by atoms with Gasteiger partial charge >= 0.3 is 5.97 Å². The van der Waals surface area contributed by atoms with Crippen molar-refractivity contribution in [2.75, 3.05) is 7.11 Å². The van der Waals surface area contributed by atoms with Crippen LogP contribution in [0.25, 0.3) is 0 Å². The molecule has 0 radical (unpaired) electrons. The zero-order chi connectivity index (χ0) is 25.7. The minimum absolute atomic E-state index is 0.00669. The fourth-order valence-electron chi connectivity index (χ4n) is 10.6. The second-order valence-corrected chi connectivity index (χ2v) is 12.7. The summed E-state index contributed by atoms with van der Waals surface area (Å²) in [6, 6.07) is 8.33. The van der Waals surface area contributed by atoms with E-state index in [1.54, 1.807) is 7.11 Å². The smallest absolute Gasteiger partial charge is 0.303 e. The van der Waals surface area contributed by atoms with Gasteiger partial charge in [0.25, 0.3) is 0 Å².